The Morgan fingerprint density at radius 1 is 0.370 bits per heavy atom. The van der Waals surface area contributed by atoms with Crippen LogP contribution in [0.25, 0.3) is 88.4 Å². The quantitative estimate of drug-likeness (QED) is 0.181. The number of nitrogens with zero attached hydrogens (tertiary/aromatic N) is 4. The molecule has 0 amide bonds. The number of hydrogen-bond donors (Lipinski definition) is 0. The Labute approximate surface area is 312 Å². The van der Waals surface area contributed by atoms with Gasteiger partial charge < -0.3 is 9.13 Å². The van der Waals surface area contributed by atoms with E-state index >= 15 is 0 Å². The molecule has 54 heavy (non-hydrogen) atoms. The Morgan fingerprint density at radius 2 is 0.870 bits per heavy atom. The predicted molar refractivity (Wildman–Crippen MR) is 221 cm³/mol. The van der Waals surface area contributed by atoms with Crippen molar-refractivity contribution in [3.8, 4) is 56.9 Å². The molecule has 4 heteroatoms. The molecule has 0 radical (unpaired) electrons. The van der Waals surface area contributed by atoms with Crippen LogP contribution in [0.1, 0.15) is 11.1 Å². The molecule has 0 N–H and O–H groups in total. The molecule has 0 saturated heterocycles. The van der Waals surface area contributed by atoms with E-state index < -0.39 is 0 Å². The normalized spacial score (nSPS) is 11.3. The highest BCUT2D eigenvalue weighted by atomic mass is 15.0. The van der Waals surface area contributed by atoms with E-state index in [0.717, 1.165) is 72.0 Å². The molecule has 0 unspecified atom stereocenters. The maximum absolute atomic E-state index is 11.1. The van der Waals surface area contributed by atoms with E-state index in [2.05, 4.69) is 137 Å². The summed E-state index contributed by atoms with van der Waals surface area (Å²) in [7, 11) is 0. The molecule has 10 aromatic rings. The van der Waals surface area contributed by atoms with Crippen LogP contribution >= 0.6 is 0 Å². The lowest BCUT2D eigenvalue weighted by molar-refractivity contribution is 1.17. The first-order valence-corrected chi connectivity index (χ1v) is 18.0. The van der Waals surface area contributed by atoms with Crippen LogP contribution in [0.4, 0.5) is 0 Å². The highest BCUT2D eigenvalue weighted by molar-refractivity contribution is 6.30. The fourth-order valence-corrected chi connectivity index (χ4v) is 8.40. The van der Waals surface area contributed by atoms with Gasteiger partial charge in [-0.25, -0.2) is 0 Å². The second-order valence-corrected chi connectivity index (χ2v) is 13.5. The molecule has 0 aliphatic carbocycles. The molecule has 10 rings (SSSR count). The molecule has 2 heterocycles. The van der Waals surface area contributed by atoms with Gasteiger partial charge >= 0.3 is 0 Å². The third-order valence-corrected chi connectivity index (χ3v) is 10.6. The maximum atomic E-state index is 11.1. The minimum Gasteiger partial charge on any atom is -0.309 e. The first-order valence-electron chi connectivity index (χ1n) is 18.0. The number of hydrogen-bond acceptors (Lipinski definition) is 2. The van der Waals surface area contributed by atoms with Crippen LogP contribution in [0.2, 0.25) is 0 Å². The van der Waals surface area contributed by atoms with Gasteiger partial charge in [0.25, 0.3) is 0 Å². The smallest absolute Gasteiger partial charge is 0.100 e. The van der Waals surface area contributed by atoms with Crippen molar-refractivity contribution in [2.24, 2.45) is 0 Å². The summed E-state index contributed by atoms with van der Waals surface area (Å²) in [6, 6.07) is 67.5. The summed E-state index contributed by atoms with van der Waals surface area (Å²) >= 11 is 0. The Morgan fingerprint density at radius 3 is 1.52 bits per heavy atom. The Balaban J connectivity index is 1.41. The lowest BCUT2D eigenvalue weighted by atomic mass is 9.83. The average Bonchev–Trinajstić information content (AvgIpc) is 3.77. The summed E-state index contributed by atoms with van der Waals surface area (Å²) in [5.41, 5.74) is 12.3. The minimum atomic E-state index is 0.473. The number of benzene rings is 8. The van der Waals surface area contributed by atoms with Gasteiger partial charge in [0.15, 0.2) is 0 Å². The van der Waals surface area contributed by atoms with Crippen LogP contribution in [-0.2, 0) is 0 Å². The Hall–Kier alpha value is -7.66. The molecule has 2 aromatic heterocycles. The van der Waals surface area contributed by atoms with Crippen molar-refractivity contribution in [3.05, 3.63) is 193 Å². The highest BCUT2D eigenvalue weighted by Gasteiger charge is 2.26. The van der Waals surface area contributed by atoms with Gasteiger partial charge in [-0.3, -0.25) is 0 Å². The first kappa shape index (κ1) is 31.1. The predicted octanol–water partition coefficient (Wildman–Crippen LogP) is 12.6. The van der Waals surface area contributed by atoms with Crippen LogP contribution in [0, 0.1) is 22.7 Å². The lowest BCUT2D eigenvalue weighted by Crippen LogP contribution is -2.00. The first-order chi connectivity index (χ1) is 26.8. The van der Waals surface area contributed by atoms with Gasteiger partial charge in [0, 0.05) is 55.2 Å². The van der Waals surface area contributed by atoms with Crippen molar-refractivity contribution in [2.45, 2.75) is 0 Å². The summed E-state index contributed by atoms with van der Waals surface area (Å²) in [5.74, 6) is 0. The van der Waals surface area contributed by atoms with E-state index in [1.807, 2.05) is 66.7 Å². The number of nitriles is 2. The average molecular weight is 687 g/mol. The standard InChI is InChI=1S/C50H30N4/c51-31-42-40(33-16-5-1-6-17-33)30-41(43(32-52)47(42)34-18-7-2-8-19-34)37-25-15-26-39-49-46(54(50(37)39)36-22-11-4-12-23-36)29-28-45-48(49)38-24-13-14-27-44(38)53(45)35-20-9-3-10-21-35/h1-30H. The zero-order valence-electron chi connectivity index (χ0n) is 29.1. The molecule has 0 aliphatic rings. The number of rotatable bonds is 5. The summed E-state index contributed by atoms with van der Waals surface area (Å²) in [4.78, 5) is 0. The number of para-hydroxylation sites is 4. The molecule has 0 fully saturated rings. The fraction of sp³-hybridized carbons (Fsp3) is 0. The largest absolute Gasteiger partial charge is 0.309 e. The van der Waals surface area contributed by atoms with Gasteiger partial charge in [0.05, 0.1) is 33.2 Å². The number of aromatic nitrogens is 2. The summed E-state index contributed by atoms with van der Waals surface area (Å²) in [6.45, 7) is 0. The van der Waals surface area contributed by atoms with Crippen LogP contribution < -0.4 is 0 Å². The van der Waals surface area contributed by atoms with Crippen molar-refractivity contribution < 1.29 is 0 Å². The summed E-state index contributed by atoms with van der Waals surface area (Å²) < 4.78 is 4.70. The molecule has 0 saturated carbocycles. The lowest BCUT2D eigenvalue weighted by Gasteiger charge is -2.18. The van der Waals surface area contributed by atoms with Gasteiger partial charge in [-0.15, -0.1) is 0 Å². The molecule has 0 aliphatic heterocycles. The second-order valence-electron chi connectivity index (χ2n) is 13.5. The van der Waals surface area contributed by atoms with Crippen molar-refractivity contribution >= 4 is 43.6 Å². The Bertz CT molecular complexity index is 3140. The molecule has 0 spiro atoms. The summed E-state index contributed by atoms with van der Waals surface area (Å²) in [6.07, 6.45) is 0. The zero-order valence-corrected chi connectivity index (χ0v) is 29.1. The van der Waals surface area contributed by atoms with E-state index in [4.69, 9.17) is 0 Å². The molecular formula is C50H30N4. The molecular weight excluding hydrogens is 657 g/mol. The topological polar surface area (TPSA) is 57.4 Å². The van der Waals surface area contributed by atoms with E-state index in [0.29, 0.717) is 16.7 Å². The SMILES string of the molecule is N#Cc1c(-c2ccccc2)cc(-c2cccc3c4c5c6ccccc6n(-c6ccccc6)c5ccc4n(-c4ccccc4)c23)c(C#N)c1-c1ccccc1. The third-order valence-electron chi connectivity index (χ3n) is 10.6. The van der Waals surface area contributed by atoms with Gasteiger partial charge in [-0.1, -0.05) is 133 Å². The van der Waals surface area contributed by atoms with Gasteiger partial charge in [0.2, 0.25) is 0 Å². The Kier molecular flexibility index (Phi) is 7.22. The molecule has 0 atom stereocenters. The van der Waals surface area contributed by atoms with Crippen molar-refractivity contribution in [2.75, 3.05) is 0 Å². The zero-order chi connectivity index (χ0) is 36.2. The molecule has 250 valence electrons. The minimum absolute atomic E-state index is 0.473. The van der Waals surface area contributed by atoms with Crippen LogP contribution in [0.15, 0.2) is 182 Å². The molecule has 8 aromatic carbocycles. The van der Waals surface area contributed by atoms with E-state index in [9.17, 15) is 10.5 Å². The second kappa shape index (κ2) is 12.5. The van der Waals surface area contributed by atoms with Crippen LogP contribution in [0.5, 0.6) is 0 Å². The highest BCUT2D eigenvalue weighted by Crippen LogP contribution is 2.47. The van der Waals surface area contributed by atoms with Gasteiger partial charge in [-0.05, 0) is 59.7 Å². The van der Waals surface area contributed by atoms with E-state index in [-0.39, 0.29) is 0 Å². The molecule has 4 nitrogen and oxygen atoms in total. The van der Waals surface area contributed by atoms with Crippen molar-refractivity contribution in [1.82, 2.24) is 9.13 Å². The van der Waals surface area contributed by atoms with E-state index in [1.165, 1.54) is 10.8 Å². The molecule has 0 bridgehead atoms. The van der Waals surface area contributed by atoms with Gasteiger partial charge in [0.1, 0.15) is 12.1 Å². The third kappa shape index (κ3) is 4.61. The maximum Gasteiger partial charge on any atom is 0.100 e. The van der Waals surface area contributed by atoms with Crippen molar-refractivity contribution in [3.63, 3.8) is 0 Å². The summed E-state index contributed by atoms with van der Waals surface area (Å²) in [5, 5.41) is 26.5. The number of fused-ring (bicyclic) bond motifs is 7. The van der Waals surface area contributed by atoms with E-state index in [1.54, 1.807) is 0 Å². The fourth-order valence-electron chi connectivity index (χ4n) is 8.40. The van der Waals surface area contributed by atoms with Gasteiger partial charge in [-0.2, -0.15) is 10.5 Å². The van der Waals surface area contributed by atoms with Crippen LogP contribution in [0.3, 0.4) is 0 Å². The monoisotopic (exact) mass is 686 g/mol. The van der Waals surface area contributed by atoms with Crippen LogP contribution in [-0.4, -0.2) is 9.13 Å². The van der Waals surface area contributed by atoms with Crippen molar-refractivity contribution in [1.29, 1.82) is 10.5 Å².